The Labute approximate surface area is 166 Å². The summed E-state index contributed by atoms with van der Waals surface area (Å²) in [5, 5.41) is 0. The molecule has 1 saturated heterocycles. The number of aryl methyl sites for hydroxylation is 1. The van der Waals surface area contributed by atoms with E-state index in [9.17, 15) is 18.0 Å². The Kier molecular flexibility index (Phi) is 5.12. The van der Waals surface area contributed by atoms with Gasteiger partial charge >= 0.3 is 6.18 Å². The highest BCUT2D eigenvalue weighted by molar-refractivity contribution is 7.14. The molecule has 1 aromatic heterocycles. The van der Waals surface area contributed by atoms with Crippen LogP contribution in [0.25, 0.3) is 0 Å². The number of halogens is 3. The summed E-state index contributed by atoms with van der Waals surface area (Å²) in [6.07, 6.45) is -1.07. The van der Waals surface area contributed by atoms with E-state index < -0.39 is 11.7 Å². The zero-order valence-electron chi connectivity index (χ0n) is 15.8. The maximum Gasteiger partial charge on any atom is 0.416 e. The van der Waals surface area contributed by atoms with Gasteiger partial charge in [0.15, 0.2) is 0 Å². The highest BCUT2D eigenvalue weighted by atomic mass is 32.1. The van der Waals surface area contributed by atoms with Crippen LogP contribution in [0.2, 0.25) is 0 Å². The molecule has 1 aliphatic carbocycles. The molecule has 0 bridgehead atoms. The van der Waals surface area contributed by atoms with Gasteiger partial charge in [-0.3, -0.25) is 4.79 Å². The van der Waals surface area contributed by atoms with Crippen LogP contribution in [0.15, 0.2) is 30.3 Å². The zero-order valence-corrected chi connectivity index (χ0v) is 16.6. The average Bonchev–Trinajstić information content (AvgIpc) is 3.10. The smallest absolute Gasteiger partial charge is 0.368 e. The Morgan fingerprint density at radius 1 is 1.14 bits per heavy atom. The van der Waals surface area contributed by atoms with Gasteiger partial charge in [0, 0.05) is 36.7 Å². The molecule has 3 nitrogen and oxygen atoms in total. The minimum atomic E-state index is -4.34. The number of alkyl halides is 3. The van der Waals surface area contributed by atoms with Crippen LogP contribution < -0.4 is 4.90 Å². The van der Waals surface area contributed by atoms with Gasteiger partial charge < -0.3 is 9.80 Å². The third-order valence-corrected chi connectivity index (χ3v) is 6.87. The maximum atomic E-state index is 12.9. The van der Waals surface area contributed by atoms with Crippen LogP contribution in [-0.2, 0) is 19.0 Å². The maximum absolute atomic E-state index is 12.9. The predicted octanol–water partition coefficient (Wildman–Crippen LogP) is 4.85. The summed E-state index contributed by atoms with van der Waals surface area (Å²) < 4.78 is 38.8. The van der Waals surface area contributed by atoms with E-state index in [0.717, 1.165) is 23.8 Å². The highest BCUT2D eigenvalue weighted by Gasteiger charge is 2.31. The highest BCUT2D eigenvalue weighted by Crippen LogP contribution is 2.34. The minimum absolute atomic E-state index is 0.0516. The fourth-order valence-electron chi connectivity index (χ4n) is 4.01. The third-order valence-electron chi connectivity index (χ3n) is 5.65. The lowest BCUT2D eigenvalue weighted by Crippen LogP contribution is -2.48. The fraction of sp³-hybridized carbons (Fsp3) is 0.476. The van der Waals surface area contributed by atoms with E-state index in [4.69, 9.17) is 0 Å². The fourth-order valence-corrected chi connectivity index (χ4v) is 5.19. The van der Waals surface area contributed by atoms with Crippen molar-refractivity contribution in [3.05, 3.63) is 51.2 Å². The Balaban J connectivity index is 1.41. The molecule has 2 aliphatic rings. The molecule has 0 saturated carbocycles. The van der Waals surface area contributed by atoms with Crippen molar-refractivity contribution in [3.8, 4) is 0 Å². The Morgan fingerprint density at radius 3 is 2.61 bits per heavy atom. The number of carbonyl (C=O) groups is 1. The van der Waals surface area contributed by atoms with Crippen LogP contribution in [0, 0.1) is 5.92 Å². The van der Waals surface area contributed by atoms with E-state index in [0.29, 0.717) is 37.8 Å². The van der Waals surface area contributed by atoms with Crippen molar-refractivity contribution < 1.29 is 18.0 Å². The summed E-state index contributed by atoms with van der Waals surface area (Å²) in [6.45, 7) is 4.36. The summed E-state index contributed by atoms with van der Waals surface area (Å²) in [4.78, 5) is 18.8. The van der Waals surface area contributed by atoms with Crippen molar-refractivity contribution in [2.75, 3.05) is 31.1 Å². The number of amides is 1. The quantitative estimate of drug-likeness (QED) is 0.709. The molecule has 0 N–H and O–H groups in total. The molecule has 1 atom stereocenters. The number of hydrogen-bond donors (Lipinski definition) is 0. The molecule has 1 amide bonds. The van der Waals surface area contributed by atoms with Gasteiger partial charge in [0.25, 0.3) is 5.91 Å². The van der Waals surface area contributed by atoms with Crippen LogP contribution in [0.5, 0.6) is 0 Å². The molecule has 2 heterocycles. The molecular formula is C21H23F3N2OS. The van der Waals surface area contributed by atoms with Crippen molar-refractivity contribution in [1.29, 1.82) is 0 Å². The number of benzene rings is 1. The van der Waals surface area contributed by atoms with Crippen molar-refractivity contribution >= 4 is 22.9 Å². The molecule has 28 heavy (non-hydrogen) atoms. The molecule has 150 valence electrons. The van der Waals surface area contributed by atoms with Gasteiger partial charge in [-0.1, -0.05) is 13.0 Å². The number of anilines is 1. The minimum Gasteiger partial charge on any atom is -0.368 e. The van der Waals surface area contributed by atoms with E-state index in [1.807, 2.05) is 9.80 Å². The second-order valence-corrected chi connectivity index (χ2v) is 8.87. The molecule has 0 radical (unpaired) electrons. The SMILES string of the molecule is CC1CCc2sc(C(=O)N3CCN(c4cccc(C(F)(F)F)c4)CC3)cc2C1. The third kappa shape index (κ3) is 3.90. The number of thiophene rings is 1. The summed E-state index contributed by atoms with van der Waals surface area (Å²) in [6, 6.07) is 7.46. The lowest BCUT2D eigenvalue weighted by molar-refractivity contribution is -0.137. The second kappa shape index (κ2) is 7.43. The number of hydrogen-bond acceptors (Lipinski definition) is 3. The van der Waals surface area contributed by atoms with Crippen LogP contribution >= 0.6 is 11.3 Å². The van der Waals surface area contributed by atoms with Crippen molar-refractivity contribution in [3.63, 3.8) is 0 Å². The molecule has 1 unspecified atom stereocenters. The van der Waals surface area contributed by atoms with Crippen molar-refractivity contribution in [1.82, 2.24) is 4.90 Å². The standard InChI is InChI=1S/C21H23F3N2OS/c1-14-5-6-18-15(11-14)12-19(28-18)20(27)26-9-7-25(8-10-26)17-4-2-3-16(13-17)21(22,23)24/h2-4,12-14H,5-11H2,1H3. The lowest BCUT2D eigenvalue weighted by Gasteiger charge is -2.36. The monoisotopic (exact) mass is 408 g/mol. The van der Waals surface area contributed by atoms with E-state index >= 15 is 0 Å². The molecule has 1 aliphatic heterocycles. The van der Waals surface area contributed by atoms with E-state index in [1.165, 1.54) is 29.0 Å². The van der Waals surface area contributed by atoms with Crippen molar-refractivity contribution in [2.45, 2.75) is 32.4 Å². The predicted molar refractivity (Wildman–Crippen MR) is 105 cm³/mol. The molecule has 4 rings (SSSR count). The lowest BCUT2D eigenvalue weighted by atomic mass is 9.90. The molecule has 1 fully saturated rings. The first-order valence-corrected chi connectivity index (χ1v) is 10.5. The van der Waals surface area contributed by atoms with Gasteiger partial charge in [-0.2, -0.15) is 13.2 Å². The van der Waals surface area contributed by atoms with Gasteiger partial charge in [-0.05, 0) is 55.0 Å². The van der Waals surface area contributed by atoms with Crippen LogP contribution in [0.4, 0.5) is 18.9 Å². The Morgan fingerprint density at radius 2 is 1.89 bits per heavy atom. The molecular weight excluding hydrogens is 385 g/mol. The Bertz CT molecular complexity index is 869. The number of rotatable bonds is 2. The summed E-state index contributed by atoms with van der Waals surface area (Å²) in [5.74, 6) is 0.719. The number of carbonyl (C=O) groups excluding carboxylic acids is 1. The first-order chi connectivity index (χ1) is 13.3. The van der Waals surface area contributed by atoms with Gasteiger partial charge in [0.05, 0.1) is 10.4 Å². The average molecular weight is 408 g/mol. The first-order valence-electron chi connectivity index (χ1n) is 9.64. The molecule has 1 aromatic carbocycles. The second-order valence-electron chi connectivity index (χ2n) is 7.73. The number of nitrogens with zero attached hydrogens (tertiary/aromatic N) is 2. The van der Waals surface area contributed by atoms with Gasteiger partial charge in [0.1, 0.15) is 0 Å². The normalized spacial score (nSPS) is 20.2. The van der Waals surface area contributed by atoms with E-state index in [1.54, 1.807) is 17.4 Å². The van der Waals surface area contributed by atoms with E-state index in [-0.39, 0.29) is 5.91 Å². The van der Waals surface area contributed by atoms with Crippen LogP contribution in [0.1, 0.15) is 39.0 Å². The number of fused-ring (bicyclic) bond motifs is 1. The van der Waals surface area contributed by atoms with Crippen LogP contribution in [-0.4, -0.2) is 37.0 Å². The summed E-state index contributed by atoms with van der Waals surface area (Å²) in [7, 11) is 0. The summed E-state index contributed by atoms with van der Waals surface area (Å²) in [5.41, 5.74) is 1.24. The van der Waals surface area contributed by atoms with Gasteiger partial charge in [-0.15, -0.1) is 11.3 Å². The zero-order chi connectivity index (χ0) is 19.9. The number of piperazine rings is 1. The van der Waals surface area contributed by atoms with Gasteiger partial charge in [-0.25, -0.2) is 0 Å². The molecule has 0 spiro atoms. The van der Waals surface area contributed by atoms with E-state index in [2.05, 4.69) is 13.0 Å². The van der Waals surface area contributed by atoms with Crippen molar-refractivity contribution in [2.24, 2.45) is 5.92 Å². The Hall–Kier alpha value is -2.02. The summed E-state index contributed by atoms with van der Waals surface area (Å²) >= 11 is 1.61. The van der Waals surface area contributed by atoms with Gasteiger partial charge in [0.2, 0.25) is 0 Å². The first kappa shape index (κ1) is 19.3. The largest absolute Gasteiger partial charge is 0.416 e. The molecule has 7 heteroatoms. The molecule has 2 aromatic rings. The topological polar surface area (TPSA) is 23.6 Å². The van der Waals surface area contributed by atoms with Crippen LogP contribution in [0.3, 0.4) is 0 Å².